The SMILES string of the molecule is CCCc1cccc2c1C(C(=O)CCCN1CCC(N3Cc4ccccc4C3=O)CC1)c1ccccc1-2. The highest BCUT2D eigenvalue weighted by Crippen LogP contribution is 2.47. The van der Waals surface area contributed by atoms with Gasteiger partial charge in [0, 0.05) is 37.7 Å². The molecule has 0 saturated carbocycles. The van der Waals surface area contributed by atoms with E-state index < -0.39 is 0 Å². The smallest absolute Gasteiger partial charge is 0.254 e. The number of rotatable bonds is 8. The molecule has 4 heteroatoms. The van der Waals surface area contributed by atoms with Gasteiger partial charge in [-0.25, -0.2) is 0 Å². The van der Waals surface area contributed by atoms with E-state index >= 15 is 0 Å². The third-order valence-electron chi connectivity index (χ3n) is 8.63. The standard InChI is InChI=1S/C33H36N2O2/c1-2-9-23-11-7-15-28-27-13-5-6-14-29(27)32(31(23)28)30(36)16-8-19-34-20-17-25(18-21-34)35-22-24-10-3-4-12-26(24)33(35)37/h3-7,10-15,25,32H,2,8-9,16-22H2,1H3. The topological polar surface area (TPSA) is 40.6 Å². The first-order valence-corrected chi connectivity index (χ1v) is 14.0. The van der Waals surface area contributed by atoms with Crippen LogP contribution in [0.1, 0.15) is 77.6 Å². The van der Waals surface area contributed by atoms with Gasteiger partial charge in [-0.3, -0.25) is 9.59 Å². The number of Topliss-reactive ketones (excluding diaryl/α,β-unsaturated/α-hetero) is 1. The summed E-state index contributed by atoms with van der Waals surface area (Å²) < 4.78 is 0. The molecule has 190 valence electrons. The molecule has 3 aromatic carbocycles. The Labute approximate surface area is 220 Å². The number of aryl methyl sites for hydroxylation is 1. The first-order valence-electron chi connectivity index (χ1n) is 14.0. The van der Waals surface area contributed by atoms with Gasteiger partial charge in [0.2, 0.25) is 0 Å². The molecule has 3 aromatic rings. The lowest BCUT2D eigenvalue weighted by atomic mass is 9.86. The number of amides is 1. The van der Waals surface area contributed by atoms with Crippen LogP contribution in [0, 0.1) is 0 Å². The molecule has 37 heavy (non-hydrogen) atoms. The van der Waals surface area contributed by atoms with E-state index in [4.69, 9.17) is 0 Å². The van der Waals surface area contributed by atoms with Gasteiger partial charge in [-0.15, -0.1) is 0 Å². The van der Waals surface area contributed by atoms with Gasteiger partial charge in [-0.1, -0.05) is 74.0 Å². The number of benzene rings is 3. The number of likely N-dealkylation sites (tertiary alicyclic amines) is 1. The molecule has 6 rings (SSSR count). The quantitative estimate of drug-likeness (QED) is 0.375. The highest BCUT2D eigenvalue weighted by Gasteiger charge is 2.36. The van der Waals surface area contributed by atoms with Gasteiger partial charge in [0.25, 0.3) is 5.91 Å². The Morgan fingerprint density at radius 2 is 1.62 bits per heavy atom. The predicted octanol–water partition coefficient (Wildman–Crippen LogP) is 6.22. The molecule has 3 aliphatic rings. The molecule has 2 heterocycles. The van der Waals surface area contributed by atoms with Crippen LogP contribution in [0.2, 0.25) is 0 Å². The van der Waals surface area contributed by atoms with Crippen molar-refractivity contribution in [1.29, 1.82) is 0 Å². The molecule has 2 aliphatic heterocycles. The molecule has 1 fully saturated rings. The van der Waals surface area contributed by atoms with Gasteiger partial charge in [0.05, 0.1) is 5.92 Å². The van der Waals surface area contributed by atoms with Gasteiger partial charge >= 0.3 is 0 Å². The lowest BCUT2D eigenvalue weighted by molar-refractivity contribution is -0.119. The first kappa shape index (κ1) is 24.1. The van der Waals surface area contributed by atoms with Crippen molar-refractivity contribution in [2.45, 2.75) is 64.0 Å². The van der Waals surface area contributed by atoms with E-state index in [1.54, 1.807) is 0 Å². The van der Waals surface area contributed by atoms with E-state index in [2.05, 4.69) is 65.3 Å². The van der Waals surface area contributed by atoms with E-state index in [0.717, 1.165) is 69.4 Å². The molecule has 1 amide bonds. The van der Waals surface area contributed by atoms with Crippen LogP contribution in [-0.2, 0) is 17.8 Å². The summed E-state index contributed by atoms with van der Waals surface area (Å²) in [4.78, 5) is 31.1. The molecule has 1 saturated heterocycles. The van der Waals surface area contributed by atoms with Crippen molar-refractivity contribution >= 4 is 11.7 Å². The van der Waals surface area contributed by atoms with Crippen LogP contribution in [0.25, 0.3) is 11.1 Å². The second-order valence-electron chi connectivity index (χ2n) is 10.9. The van der Waals surface area contributed by atoms with E-state index in [-0.39, 0.29) is 11.8 Å². The summed E-state index contributed by atoms with van der Waals surface area (Å²) in [6.45, 7) is 5.90. The second kappa shape index (κ2) is 10.3. The Morgan fingerprint density at radius 1 is 0.892 bits per heavy atom. The first-order chi connectivity index (χ1) is 18.2. The van der Waals surface area contributed by atoms with Crippen LogP contribution in [0.3, 0.4) is 0 Å². The molecule has 0 N–H and O–H groups in total. The number of carbonyl (C=O) groups is 2. The fraction of sp³-hybridized carbons (Fsp3) is 0.394. The zero-order valence-corrected chi connectivity index (χ0v) is 21.8. The molecule has 1 aliphatic carbocycles. The molecule has 0 radical (unpaired) electrons. The number of hydrogen-bond donors (Lipinski definition) is 0. The molecular weight excluding hydrogens is 456 g/mol. The molecular formula is C33H36N2O2. The highest BCUT2D eigenvalue weighted by molar-refractivity contribution is 5.99. The predicted molar refractivity (Wildman–Crippen MR) is 148 cm³/mol. The zero-order valence-electron chi connectivity index (χ0n) is 21.8. The minimum atomic E-state index is -0.123. The molecule has 0 aromatic heterocycles. The van der Waals surface area contributed by atoms with Gasteiger partial charge < -0.3 is 9.80 Å². The maximum atomic E-state index is 13.7. The molecule has 4 nitrogen and oxygen atoms in total. The Bertz CT molecular complexity index is 1320. The van der Waals surface area contributed by atoms with E-state index in [9.17, 15) is 9.59 Å². The number of hydrogen-bond acceptors (Lipinski definition) is 3. The molecule has 0 spiro atoms. The lowest BCUT2D eigenvalue weighted by Gasteiger charge is -2.36. The van der Waals surface area contributed by atoms with Crippen LogP contribution in [-0.4, -0.2) is 47.2 Å². The minimum Gasteiger partial charge on any atom is -0.331 e. The average molecular weight is 493 g/mol. The summed E-state index contributed by atoms with van der Waals surface area (Å²) in [5.41, 5.74) is 8.28. The highest BCUT2D eigenvalue weighted by atomic mass is 16.2. The van der Waals surface area contributed by atoms with Crippen LogP contribution >= 0.6 is 0 Å². The molecule has 0 bridgehead atoms. The maximum Gasteiger partial charge on any atom is 0.254 e. The normalized spacial score (nSPS) is 19.1. The monoisotopic (exact) mass is 492 g/mol. The second-order valence-corrected chi connectivity index (χ2v) is 10.9. The number of fused-ring (bicyclic) bond motifs is 4. The Morgan fingerprint density at radius 3 is 2.41 bits per heavy atom. The van der Waals surface area contributed by atoms with Gasteiger partial charge in [-0.05, 0) is 71.7 Å². The largest absolute Gasteiger partial charge is 0.331 e. The van der Waals surface area contributed by atoms with E-state index in [1.807, 2.05) is 18.2 Å². The van der Waals surface area contributed by atoms with Crippen molar-refractivity contribution in [2.24, 2.45) is 0 Å². The van der Waals surface area contributed by atoms with Gasteiger partial charge in [0.1, 0.15) is 5.78 Å². The fourth-order valence-electron chi connectivity index (χ4n) is 6.81. The zero-order chi connectivity index (χ0) is 25.4. The summed E-state index contributed by atoms with van der Waals surface area (Å²) in [6.07, 6.45) is 5.62. The summed E-state index contributed by atoms with van der Waals surface area (Å²) in [5.74, 6) is 0.423. The third-order valence-corrected chi connectivity index (χ3v) is 8.63. The Hall–Kier alpha value is -3.24. The minimum absolute atomic E-state index is 0.123. The number of nitrogens with zero attached hydrogens (tertiary/aromatic N) is 2. The van der Waals surface area contributed by atoms with Crippen LogP contribution < -0.4 is 0 Å². The van der Waals surface area contributed by atoms with Gasteiger partial charge in [0.15, 0.2) is 0 Å². The number of piperidine rings is 1. The average Bonchev–Trinajstić information content (AvgIpc) is 3.45. The van der Waals surface area contributed by atoms with Crippen molar-refractivity contribution in [3.8, 4) is 11.1 Å². The van der Waals surface area contributed by atoms with Crippen LogP contribution in [0.5, 0.6) is 0 Å². The van der Waals surface area contributed by atoms with Crippen molar-refractivity contribution in [1.82, 2.24) is 9.80 Å². The molecule has 1 atom stereocenters. The van der Waals surface area contributed by atoms with Crippen LogP contribution in [0.15, 0.2) is 66.7 Å². The number of ketones is 1. The van der Waals surface area contributed by atoms with Crippen molar-refractivity contribution in [3.05, 3.63) is 94.5 Å². The number of carbonyl (C=O) groups excluding carboxylic acids is 2. The molecule has 1 unspecified atom stereocenters. The van der Waals surface area contributed by atoms with E-state index in [0.29, 0.717) is 18.2 Å². The maximum absolute atomic E-state index is 13.7. The van der Waals surface area contributed by atoms with Crippen molar-refractivity contribution in [3.63, 3.8) is 0 Å². The third kappa shape index (κ3) is 4.42. The summed E-state index contributed by atoms with van der Waals surface area (Å²) >= 11 is 0. The summed E-state index contributed by atoms with van der Waals surface area (Å²) in [5, 5.41) is 0. The lowest BCUT2D eigenvalue weighted by Crippen LogP contribution is -2.45. The van der Waals surface area contributed by atoms with Gasteiger partial charge in [-0.2, -0.15) is 0 Å². The fourth-order valence-corrected chi connectivity index (χ4v) is 6.81. The summed E-state index contributed by atoms with van der Waals surface area (Å²) in [7, 11) is 0. The van der Waals surface area contributed by atoms with Crippen molar-refractivity contribution in [2.75, 3.05) is 19.6 Å². The summed E-state index contributed by atoms with van der Waals surface area (Å²) in [6, 6.07) is 23.3. The Balaban J connectivity index is 1.06. The van der Waals surface area contributed by atoms with Crippen LogP contribution in [0.4, 0.5) is 0 Å². The van der Waals surface area contributed by atoms with Crippen molar-refractivity contribution < 1.29 is 9.59 Å². The Kier molecular flexibility index (Phi) is 6.69. The van der Waals surface area contributed by atoms with E-state index in [1.165, 1.54) is 27.8 Å².